The number of nitrogens with zero attached hydrogens (tertiary/aromatic N) is 1. The van der Waals surface area contributed by atoms with E-state index in [0.717, 1.165) is 19.3 Å². The highest BCUT2D eigenvalue weighted by Gasteiger charge is 2.44. The van der Waals surface area contributed by atoms with Crippen LogP contribution in [0.4, 0.5) is 5.69 Å². The third-order valence-corrected chi connectivity index (χ3v) is 5.68. The molecule has 1 N–H and O–H groups in total. The maximum Gasteiger partial charge on any atom is 0.307 e. The number of amides is 1. The minimum atomic E-state index is -0.715. The molecule has 3 rings (SSSR count). The molecule has 0 heterocycles. The van der Waals surface area contributed by atoms with Gasteiger partial charge in [0, 0.05) is 28.9 Å². The second kappa shape index (κ2) is 8.50. The van der Waals surface area contributed by atoms with E-state index in [-0.39, 0.29) is 31.1 Å². The van der Waals surface area contributed by atoms with Crippen molar-refractivity contribution in [1.82, 2.24) is 0 Å². The molecule has 0 saturated heterocycles. The average Bonchev–Trinajstić information content (AvgIpc) is 3.19. The molecule has 1 fully saturated rings. The van der Waals surface area contributed by atoms with Crippen LogP contribution < -0.4 is 5.32 Å². The van der Waals surface area contributed by atoms with E-state index in [4.69, 9.17) is 4.74 Å². The lowest BCUT2D eigenvalue weighted by Gasteiger charge is -2.17. The third-order valence-electron chi connectivity index (χ3n) is 5.68. The molecule has 1 amide bonds. The van der Waals surface area contributed by atoms with Crippen LogP contribution in [0.2, 0.25) is 0 Å². The van der Waals surface area contributed by atoms with Crippen molar-refractivity contribution in [2.45, 2.75) is 39.0 Å². The fraction of sp³-hybridized carbons (Fsp3) is 0.550. The molecule has 0 bridgehead atoms. The van der Waals surface area contributed by atoms with Crippen LogP contribution in [0, 0.1) is 27.9 Å². The molecule has 0 radical (unpaired) electrons. The number of esters is 1. The van der Waals surface area contributed by atoms with Crippen LogP contribution in [-0.4, -0.2) is 35.7 Å². The number of nitrogens with one attached hydrogen (secondary N) is 1. The lowest BCUT2D eigenvalue weighted by Crippen LogP contribution is -2.28. The summed E-state index contributed by atoms with van der Waals surface area (Å²) in [5, 5.41) is 13.5. The van der Waals surface area contributed by atoms with Gasteiger partial charge in [-0.2, -0.15) is 0 Å². The van der Waals surface area contributed by atoms with Gasteiger partial charge in [0.05, 0.1) is 6.42 Å². The predicted molar refractivity (Wildman–Crippen MR) is 100 cm³/mol. The maximum atomic E-state index is 12.1. The molecule has 3 atom stereocenters. The number of ether oxygens (including phenoxy) is 1. The SMILES string of the molecule is C[C@@H]1CC(=O)[C@H](CC(=O)OCC(=O)Nc2ccc3c(c2)CCC3)[C@@H]1C[N+](=O)[O-]. The van der Waals surface area contributed by atoms with Crippen molar-refractivity contribution in [2.24, 2.45) is 17.8 Å². The van der Waals surface area contributed by atoms with Crippen molar-refractivity contribution in [2.75, 3.05) is 18.5 Å². The number of ketones is 1. The summed E-state index contributed by atoms with van der Waals surface area (Å²) in [7, 11) is 0. The van der Waals surface area contributed by atoms with Crippen molar-refractivity contribution >= 4 is 23.3 Å². The van der Waals surface area contributed by atoms with Gasteiger partial charge >= 0.3 is 5.97 Å². The van der Waals surface area contributed by atoms with Gasteiger partial charge in [0.15, 0.2) is 6.61 Å². The molecule has 2 aliphatic rings. The number of aryl methyl sites for hydroxylation is 2. The van der Waals surface area contributed by atoms with Crippen LogP contribution >= 0.6 is 0 Å². The topological polar surface area (TPSA) is 116 Å². The lowest BCUT2D eigenvalue weighted by molar-refractivity contribution is -0.490. The predicted octanol–water partition coefficient (Wildman–Crippen LogP) is 2.17. The summed E-state index contributed by atoms with van der Waals surface area (Å²) < 4.78 is 4.99. The molecular formula is C20H24N2O6. The van der Waals surface area contributed by atoms with E-state index in [1.54, 1.807) is 6.92 Å². The van der Waals surface area contributed by atoms with Gasteiger partial charge in [-0.05, 0) is 48.4 Å². The second-order valence-electron chi connectivity index (χ2n) is 7.68. The molecule has 28 heavy (non-hydrogen) atoms. The van der Waals surface area contributed by atoms with Crippen LogP contribution in [0.25, 0.3) is 0 Å². The highest BCUT2D eigenvalue weighted by molar-refractivity contribution is 5.93. The molecule has 8 nitrogen and oxygen atoms in total. The number of hydrogen-bond donors (Lipinski definition) is 1. The summed E-state index contributed by atoms with van der Waals surface area (Å²) in [5.41, 5.74) is 3.18. The molecule has 0 aliphatic heterocycles. The zero-order valence-corrected chi connectivity index (χ0v) is 15.8. The summed E-state index contributed by atoms with van der Waals surface area (Å²) in [6, 6.07) is 5.75. The first-order chi connectivity index (χ1) is 13.3. The number of carbonyl (C=O) groups excluding carboxylic acids is 3. The molecule has 1 saturated carbocycles. The molecule has 0 spiro atoms. The average molecular weight is 388 g/mol. The Bertz CT molecular complexity index is 806. The molecular weight excluding hydrogens is 364 g/mol. The first kappa shape index (κ1) is 20.0. The number of carbonyl (C=O) groups is 3. The summed E-state index contributed by atoms with van der Waals surface area (Å²) in [5.74, 6) is -2.63. The van der Waals surface area contributed by atoms with Crippen LogP contribution in [-0.2, 0) is 32.0 Å². The summed E-state index contributed by atoms with van der Waals surface area (Å²) in [4.78, 5) is 46.5. The van der Waals surface area contributed by atoms with Gasteiger partial charge in [-0.3, -0.25) is 24.5 Å². The second-order valence-corrected chi connectivity index (χ2v) is 7.68. The summed E-state index contributed by atoms with van der Waals surface area (Å²) in [6.45, 7) is 0.984. The van der Waals surface area contributed by atoms with Crippen molar-refractivity contribution < 1.29 is 24.0 Å². The molecule has 1 aromatic rings. The minimum absolute atomic E-state index is 0.140. The van der Waals surface area contributed by atoms with Crippen LogP contribution in [0.15, 0.2) is 18.2 Å². The fourth-order valence-electron chi connectivity index (χ4n) is 4.23. The van der Waals surface area contributed by atoms with Gasteiger partial charge < -0.3 is 10.1 Å². The van der Waals surface area contributed by atoms with Gasteiger partial charge in [-0.25, -0.2) is 0 Å². The van der Waals surface area contributed by atoms with E-state index in [1.807, 2.05) is 18.2 Å². The summed E-state index contributed by atoms with van der Waals surface area (Å²) in [6.07, 6.45) is 3.16. The number of rotatable bonds is 7. The van der Waals surface area contributed by atoms with Gasteiger partial charge in [0.1, 0.15) is 5.78 Å². The normalized spacial score (nSPS) is 23.3. The Morgan fingerprint density at radius 1 is 1.29 bits per heavy atom. The van der Waals surface area contributed by atoms with Crippen molar-refractivity contribution in [3.63, 3.8) is 0 Å². The number of benzene rings is 1. The first-order valence-electron chi connectivity index (χ1n) is 9.55. The van der Waals surface area contributed by atoms with E-state index in [1.165, 1.54) is 11.1 Å². The molecule has 150 valence electrons. The standard InChI is InChI=1S/C20H24N2O6/c1-12-7-18(23)16(17(12)10-22(26)27)9-20(25)28-11-19(24)21-15-6-5-13-3-2-4-14(13)8-15/h5-6,8,12,16-17H,2-4,7,9-11H2,1H3,(H,21,24)/t12-,16-,17-/m1/s1. The van der Waals surface area contributed by atoms with Crippen LogP contribution in [0.3, 0.4) is 0 Å². The minimum Gasteiger partial charge on any atom is -0.456 e. The van der Waals surface area contributed by atoms with E-state index in [9.17, 15) is 24.5 Å². The third kappa shape index (κ3) is 4.74. The van der Waals surface area contributed by atoms with Crippen molar-refractivity contribution in [1.29, 1.82) is 0 Å². The fourth-order valence-corrected chi connectivity index (χ4v) is 4.23. The molecule has 0 unspecified atom stereocenters. The van der Waals surface area contributed by atoms with Crippen LogP contribution in [0.5, 0.6) is 0 Å². The van der Waals surface area contributed by atoms with Gasteiger partial charge in [-0.1, -0.05) is 13.0 Å². The number of hydrogen-bond acceptors (Lipinski definition) is 6. The molecule has 0 aromatic heterocycles. The largest absolute Gasteiger partial charge is 0.456 e. The quantitative estimate of drug-likeness (QED) is 0.435. The zero-order chi connectivity index (χ0) is 20.3. The van der Waals surface area contributed by atoms with Crippen LogP contribution in [0.1, 0.15) is 37.3 Å². The van der Waals surface area contributed by atoms with Gasteiger partial charge in [0.2, 0.25) is 6.54 Å². The molecule has 1 aromatic carbocycles. The monoisotopic (exact) mass is 388 g/mol. The highest BCUT2D eigenvalue weighted by atomic mass is 16.6. The van der Waals surface area contributed by atoms with E-state index >= 15 is 0 Å². The molecule has 8 heteroatoms. The van der Waals surface area contributed by atoms with E-state index < -0.39 is 35.2 Å². The van der Waals surface area contributed by atoms with E-state index in [2.05, 4.69) is 5.32 Å². The number of Topliss-reactive ketones (excluding diaryl/α,β-unsaturated/α-hetero) is 1. The smallest absolute Gasteiger partial charge is 0.307 e. The Labute approximate surface area is 162 Å². The Balaban J connectivity index is 1.48. The van der Waals surface area contributed by atoms with Gasteiger partial charge in [0.25, 0.3) is 5.91 Å². The Hall–Kier alpha value is -2.77. The number of nitro groups is 1. The number of anilines is 1. The van der Waals surface area contributed by atoms with E-state index in [0.29, 0.717) is 5.69 Å². The highest BCUT2D eigenvalue weighted by Crippen LogP contribution is 2.36. The lowest BCUT2D eigenvalue weighted by atomic mass is 9.88. The Morgan fingerprint density at radius 3 is 2.79 bits per heavy atom. The Morgan fingerprint density at radius 2 is 2.04 bits per heavy atom. The van der Waals surface area contributed by atoms with Gasteiger partial charge in [-0.15, -0.1) is 0 Å². The first-order valence-corrected chi connectivity index (χ1v) is 9.55. The molecule has 2 aliphatic carbocycles. The zero-order valence-electron chi connectivity index (χ0n) is 15.8. The Kier molecular flexibility index (Phi) is 6.06. The summed E-state index contributed by atoms with van der Waals surface area (Å²) >= 11 is 0. The van der Waals surface area contributed by atoms with Crippen molar-refractivity contribution in [3.8, 4) is 0 Å². The number of fused-ring (bicyclic) bond motifs is 1. The maximum absolute atomic E-state index is 12.1. The van der Waals surface area contributed by atoms with Crippen molar-refractivity contribution in [3.05, 3.63) is 39.4 Å².